The number of terminal acetylenes is 1. The van der Waals surface area contributed by atoms with E-state index in [4.69, 9.17) is 15.9 Å². The smallest absolute Gasteiger partial charge is 0.335 e. The number of esters is 2. The highest BCUT2D eigenvalue weighted by molar-refractivity contribution is 5.94. The zero-order chi connectivity index (χ0) is 19.2. The number of carbonyl (C=O) groups excluding carboxylic acids is 2. The molecule has 0 unspecified atom stereocenters. The lowest BCUT2D eigenvalue weighted by molar-refractivity contribution is -0.149. The SMILES string of the molecule is C#CCN1CC[C@]23C(=C(C(=O)OC)C[C@@H](C(=O)OC)[C@H]12)Nc1ccccc13. The van der Waals surface area contributed by atoms with Gasteiger partial charge in [-0.2, -0.15) is 0 Å². The normalized spacial score (nSPS) is 28.5. The molecule has 27 heavy (non-hydrogen) atoms. The Morgan fingerprint density at radius 3 is 2.81 bits per heavy atom. The average Bonchev–Trinajstić information content (AvgIpc) is 3.24. The molecule has 0 radical (unpaired) electrons. The number of carbonyl (C=O) groups is 2. The molecule has 1 saturated heterocycles. The van der Waals surface area contributed by atoms with Crippen molar-refractivity contribution in [1.29, 1.82) is 0 Å². The summed E-state index contributed by atoms with van der Waals surface area (Å²) in [6, 6.07) is 7.84. The van der Waals surface area contributed by atoms with E-state index in [-0.39, 0.29) is 18.4 Å². The Morgan fingerprint density at radius 2 is 2.11 bits per heavy atom. The molecule has 2 aliphatic heterocycles. The Bertz CT molecular complexity index is 884. The van der Waals surface area contributed by atoms with Crippen molar-refractivity contribution < 1.29 is 19.1 Å². The lowest BCUT2D eigenvalue weighted by atomic mass is 9.63. The van der Waals surface area contributed by atoms with E-state index in [9.17, 15) is 9.59 Å². The van der Waals surface area contributed by atoms with Gasteiger partial charge in [-0.25, -0.2) is 4.79 Å². The van der Waals surface area contributed by atoms with Crippen LogP contribution in [0.3, 0.4) is 0 Å². The lowest BCUT2D eigenvalue weighted by Gasteiger charge is -2.44. The van der Waals surface area contributed by atoms with Crippen LogP contribution in [0.4, 0.5) is 5.69 Å². The van der Waals surface area contributed by atoms with Crippen molar-refractivity contribution in [2.75, 3.05) is 32.6 Å². The fraction of sp³-hybridized carbons (Fsp3) is 0.429. The van der Waals surface area contributed by atoms with E-state index in [1.54, 1.807) is 0 Å². The monoisotopic (exact) mass is 366 g/mol. The van der Waals surface area contributed by atoms with Crippen LogP contribution in [0.1, 0.15) is 18.4 Å². The summed E-state index contributed by atoms with van der Waals surface area (Å²) < 4.78 is 10.1. The lowest BCUT2D eigenvalue weighted by Crippen LogP contribution is -2.54. The fourth-order valence-corrected chi connectivity index (χ4v) is 5.19. The van der Waals surface area contributed by atoms with E-state index in [0.29, 0.717) is 12.1 Å². The van der Waals surface area contributed by atoms with E-state index in [0.717, 1.165) is 29.9 Å². The van der Waals surface area contributed by atoms with Gasteiger partial charge >= 0.3 is 11.9 Å². The summed E-state index contributed by atoms with van der Waals surface area (Å²) >= 11 is 0. The maximum absolute atomic E-state index is 12.7. The molecule has 0 aromatic heterocycles. The predicted octanol–water partition coefficient (Wildman–Crippen LogP) is 1.68. The maximum Gasteiger partial charge on any atom is 0.335 e. The summed E-state index contributed by atoms with van der Waals surface area (Å²) in [5.74, 6) is 1.49. The molecule has 0 amide bonds. The molecule has 1 aromatic carbocycles. The number of anilines is 1. The number of nitrogens with one attached hydrogen (secondary N) is 1. The summed E-state index contributed by atoms with van der Waals surface area (Å²) in [4.78, 5) is 27.5. The van der Waals surface area contributed by atoms with Crippen LogP contribution >= 0.6 is 0 Å². The van der Waals surface area contributed by atoms with Gasteiger partial charge in [0, 0.05) is 24.0 Å². The van der Waals surface area contributed by atoms with Gasteiger partial charge in [0.15, 0.2) is 0 Å². The Balaban J connectivity index is 1.97. The first-order chi connectivity index (χ1) is 13.1. The topological polar surface area (TPSA) is 67.9 Å². The highest BCUT2D eigenvalue weighted by Crippen LogP contribution is 2.58. The number of benzene rings is 1. The first-order valence-corrected chi connectivity index (χ1v) is 9.02. The molecule has 1 fully saturated rings. The van der Waals surface area contributed by atoms with Gasteiger partial charge in [-0.1, -0.05) is 24.1 Å². The molecule has 0 saturated carbocycles. The quantitative estimate of drug-likeness (QED) is 0.649. The number of hydrogen-bond acceptors (Lipinski definition) is 6. The molecular weight excluding hydrogens is 344 g/mol. The molecule has 6 heteroatoms. The van der Waals surface area contributed by atoms with Crippen LogP contribution in [0.25, 0.3) is 0 Å². The molecule has 1 N–H and O–H groups in total. The van der Waals surface area contributed by atoms with E-state index < -0.39 is 17.3 Å². The zero-order valence-corrected chi connectivity index (χ0v) is 15.5. The number of fused-ring (bicyclic) bond motifs is 1. The number of rotatable bonds is 3. The standard InChI is InChI=1S/C21H22N2O4/c1-4-10-23-11-9-21-15-7-5-6-8-16(15)22-17(21)13(19(24)26-2)12-14(18(21)23)20(25)27-3/h1,5-8,14,18,22H,9-12H2,2-3H3/t14-,18+,21+/m1/s1. The Hall–Kier alpha value is -2.78. The van der Waals surface area contributed by atoms with Crippen LogP contribution in [-0.4, -0.2) is 50.2 Å². The van der Waals surface area contributed by atoms with Gasteiger partial charge in [0.1, 0.15) is 0 Å². The van der Waals surface area contributed by atoms with Crippen LogP contribution < -0.4 is 5.32 Å². The molecule has 1 aromatic rings. The third kappa shape index (κ3) is 2.31. The van der Waals surface area contributed by atoms with E-state index in [2.05, 4.69) is 22.2 Å². The fourth-order valence-electron chi connectivity index (χ4n) is 5.19. The van der Waals surface area contributed by atoms with Gasteiger partial charge < -0.3 is 14.8 Å². The van der Waals surface area contributed by atoms with E-state index >= 15 is 0 Å². The second kappa shape index (κ2) is 6.43. The van der Waals surface area contributed by atoms with Crippen LogP contribution in [-0.2, 0) is 24.5 Å². The number of ether oxygens (including phenoxy) is 2. The first kappa shape index (κ1) is 17.6. The van der Waals surface area contributed by atoms with Crippen molar-refractivity contribution >= 4 is 17.6 Å². The Morgan fingerprint density at radius 1 is 1.33 bits per heavy atom. The molecule has 4 rings (SSSR count). The number of likely N-dealkylation sites (tertiary alicyclic amines) is 1. The maximum atomic E-state index is 12.7. The third-order valence-electron chi connectivity index (χ3n) is 6.14. The molecule has 3 atom stereocenters. The van der Waals surface area contributed by atoms with Crippen LogP contribution in [0, 0.1) is 18.3 Å². The largest absolute Gasteiger partial charge is 0.469 e. The molecule has 6 nitrogen and oxygen atoms in total. The summed E-state index contributed by atoms with van der Waals surface area (Å²) in [5, 5.41) is 3.45. The van der Waals surface area contributed by atoms with Crippen molar-refractivity contribution in [2.45, 2.75) is 24.3 Å². The molecule has 2 heterocycles. The summed E-state index contributed by atoms with van der Waals surface area (Å²) in [6.45, 7) is 1.19. The average molecular weight is 366 g/mol. The van der Waals surface area contributed by atoms with Gasteiger partial charge in [-0.15, -0.1) is 6.42 Å². The number of nitrogens with zero attached hydrogens (tertiary/aromatic N) is 1. The van der Waals surface area contributed by atoms with Gasteiger partial charge in [0.2, 0.25) is 0 Å². The Kier molecular flexibility index (Phi) is 4.20. The van der Waals surface area contributed by atoms with Crippen molar-refractivity contribution in [3.8, 4) is 12.3 Å². The molecule has 140 valence electrons. The van der Waals surface area contributed by atoms with Crippen LogP contribution in [0.2, 0.25) is 0 Å². The zero-order valence-electron chi connectivity index (χ0n) is 15.5. The minimum absolute atomic E-state index is 0.166. The number of hydrogen-bond donors (Lipinski definition) is 1. The van der Waals surface area contributed by atoms with Gasteiger partial charge in [0.25, 0.3) is 0 Å². The highest BCUT2D eigenvalue weighted by Gasteiger charge is 2.62. The van der Waals surface area contributed by atoms with Crippen LogP contribution in [0.15, 0.2) is 35.5 Å². The third-order valence-corrected chi connectivity index (χ3v) is 6.14. The summed E-state index contributed by atoms with van der Waals surface area (Å²) in [6.07, 6.45) is 6.64. The number of para-hydroxylation sites is 1. The van der Waals surface area contributed by atoms with Crippen molar-refractivity contribution in [1.82, 2.24) is 4.90 Å². The van der Waals surface area contributed by atoms with E-state index in [1.165, 1.54) is 14.2 Å². The van der Waals surface area contributed by atoms with Gasteiger partial charge in [0.05, 0.1) is 37.7 Å². The van der Waals surface area contributed by atoms with Gasteiger partial charge in [-0.05, 0) is 24.5 Å². The second-order valence-corrected chi connectivity index (χ2v) is 7.19. The Labute approximate surface area is 158 Å². The molecule has 1 spiro atoms. The van der Waals surface area contributed by atoms with E-state index in [1.807, 2.05) is 18.2 Å². The highest BCUT2D eigenvalue weighted by atomic mass is 16.5. The van der Waals surface area contributed by atoms with Crippen molar-refractivity contribution in [2.24, 2.45) is 5.92 Å². The van der Waals surface area contributed by atoms with Gasteiger partial charge in [-0.3, -0.25) is 9.69 Å². The molecule has 3 aliphatic rings. The molecule has 1 aliphatic carbocycles. The first-order valence-electron chi connectivity index (χ1n) is 9.02. The van der Waals surface area contributed by atoms with Crippen molar-refractivity contribution in [3.05, 3.63) is 41.1 Å². The minimum Gasteiger partial charge on any atom is -0.469 e. The second-order valence-electron chi connectivity index (χ2n) is 7.19. The molecular formula is C21H22N2O4. The summed E-state index contributed by atoms with van der Waals surface area (Å²) in [7, 11) is 2.75. The summed E-state index contributed by atoms with van der Waals surface area (Å²) in [5.41, 5.74) is 2.93. The number of methoxy groups -OCH3 is 2. The minimum atomic E-state index is -0.492. The predicted molar refractivity (Wildman–Crippen MR) is 99.7 cm³/mol. The molecule has 0 bridgehead atoms. The van der Waals surface area contributed by atoms with Crippen molar-refractivity contribution in [3.63, 3.8) is 0 Å². The van der Waals surface area contributed by atoms with Crippen LogP contribution in [0.5, 0.6) is 0 Å².